The van der Waals surface area contributed by atoms with E-state index in [4.69, 9.17) is 14.6 Å². The SMILES string of the molecule is CC(=O)ON=C(C)C(=O)c1ccc(Oc2ccc(OCCO)cc2)cc1. The second-order valence-electron chi connectivity index (χ2n) is 5.26. The molecule has 2 rings (SSSR count). The van der Waals surface area contributed by atoms with E-state index in [1.54, 1.807) is 48.5 Å². The van der Waals surface area contributed by atoms with E-state index in [2.05, 4.69) is 9.99 Å². The molecule has 0 bridgehead atoms. The molecule has 0 unspecified atom stereocenters. The zero-order valence-electron chi connectivity index (χ0n) is 14.5. The number of hydrogen-bond acceptors (Lipinski definition) is 7. The molecular weight excluding hydrogens is 338 g/mol. The van der Waals surface area contributed by atoms with Crippen molar-refractivity contribution in [3.63, 3.8) is 0 Å². The summed E-state index contributed by atoms with van der Waals surface area (Å²) in [5.41, 5.74) is 0.478. The molecule has 0 radical (unpaired) electrons. The fourth-order valence-electron chi connectivity index (χ4n) is 1.96. The van der Waals surface area contributed by atoms with Crippen LogP contribution in [-0.4, -0.2) is 35.8 Å². The molecule has 0 saturated carbocycles. The van der Waals surface area contributed by atoms with Crippen LogP contribution in [0.25, 0.3) is 0 Å². The second kappa shape index (κ2) is 9.33. The second-order valence-corrected chi connectivity index (χ2v) is 5.26. The van der Waals surface area contributed by atoms with Gasteiger partial charge in [0.2, 0.25) is 5.78 Å². The smallest absolute Gasteiger partial charge is 0.331 e. The summed E-state index contributed by atoms with van der Waals surface area (Å²) in [7, 11) is 0. The lowest BCUT2D eigenvalue weighted by molar-refractivity contribution is -0.140. The number of nitrogens with zero attached hydrogens (tertiary/aromatic N) is 1. The van der Waals surface area contributed by atoms with Crippen LogP contribution in [0.2, 0.25) is 0 Å². The molecule has 26 heavy (non-hydrogen) atoms. The molecule has 2 aromatic carbocycles. The lowest BCUT2D eigenvalue weighted by Crippen LogP contribution is -2.11. The Morgan fingerprint density at radius 2 is 1.46 bits per heavy atom. The minimum atomic E-state index is -0.589. The molecule has 0 aromatic heterocycles. The molecule has 0 aliphatic heterocycles. The maximum absolute atomic E-state index is 12.2. The van der Waals surface area contributed by atoms with Crippen LogP contribution < -0.4 is 9.47 Å². The molecule has 0 fully saturated rings. The number of benzene rings is 2. The summed E-state index contributed by atoms with van der Waals surface area (Å²) < 4.78 is 11.0. The Labute approximate surface area is 150 Å². The average molecular weight is 357 g/mol. The molecular formula is C19H19NO6. The molecule has 7 nitrogen and oxygen atoms in total. The number of rotatable bonds is 8. The van der Waals surface area contributed by atoms with Gasteiger partial charge in [-0.05, 0) is 55.5 Å². The average Bonchev–Trinajstić information content (AvgIpc) is 2.65. The van der Waals surface area contributed by atoms with Crippen molar-refractivity contribution in [1.29, 1.82) is 0 Å². The third-order valence-corrected chi connectivity index (χ3v) is 3.18. The molecule has 2 aromatic rings. The molecule has 136 valence electrons. The molecule has 0 aliphatic carbocycles. The van der Waals surface area contributed by atoms with Crippen molar-refractivity contribution in [2.24, 2.45) is 5.16 Å². The van der Waals surface area contributed by atoms with E-state index in [-0.39, 0.29) is 24.7 Å². The molecule has 7 heteroatoms. The minimum Gasteiger partial charge on any atom is -0.491 e. The molecule has 0 heterocycles. The van der Waals surface area contributed by atoms with Crippen LogP contribution in [0.1, 0.15) is 24.2 Å². The van der Waals surface area contributed by atoms with Crippen molar-refractivity contribution < 1.29 is 29.0 Å². The first-order valence-corrected chi connectivity index (χ1v) is 7.88. The predicted molar refractivity (Wildman–Crippen MR) is 94.7 cm³/mol. The van der Waals surface area contributed by atoms with E-state index in [1.165, 1.54) is 13.8 Å². The highest BCUT2D eigenvalue weighted by Gasteiger charge is 2.11. The number of ether oxygens (including phenoxy) is 2. The van der Waals surface area contributed by atoms with Crippen molar-refractivity contribution >= 4 is 17.5 Å². The first kappa shape index (κ1) is 19.1. The van der Waals surface area contributed by atoms with Crippen molar-refractivity contribution in [1.82, 2.24) is 0 Å². The maximum atomic E-state index is 12.2. The van der Waals surface area contributed by atoms with Gasteiger partial charge in [-0.2, -0.15) is 0 Å². The number of Topliss-reactive ketones (excluding diaryl/α,β-unsaturated/α-hetero) is 1. The Hall–Kier alpha value is -3.19. The van der Waals surface area contributed by atoms with E-state index in [1.807, 2.05) is 0 Å². The van der Waals surface area contributed by atoms with Gasteiger partial charge in [-0.15, -0.1) is 0 Å². The largest absolute Gasteiger partial charge is 0.491 e. The van der Waals surface area contributed by atoms with E-state index in [9.17, 15) is 9.59 Å². The molecule has 0 aliphatic rings. The highest BCUT2D eigenvalue weighted by atomic mass is 16.7. The highest BCUT2D eigenvalue weighted by Crippen LogP contribution is 2.24. The minimum absolute atomic E-state index is 0.0472. The fourth-order valence-corrected chi connectivity index (χ4v) is 1.96. The molecule has 0 saturated heterocycles. The van der Waals surface area contributed by atoms with Crippen LogP contribution >= 0.6 is 0 Å². The number of carbonyl (C=O) groups excluding carboxylic acids is 2. The Balaban J connectivity index is 1.99. The summed E-state index contributed by atoms with van der Waals surface area (Å²) in [4.78, 5) is 27.3. The zero-order valence-corrected chi connectivity index (χ0v) is 14.5. The van der Waals surface area contributed by atoms with Crippen molar-refractivity contribution in [3.05, 3.63) is 54.1 Å². The van der Waals surface area contributed by atoms with Gasteiger partial charge in [0.05, 0.1) is 6.61 Å². The molecule has 0 atom stereocenters. The van der Waals surface area contributed by atoms with Gasteiger partial charge in [0.15, 0.2) is 0 Å². The van der Waals surface area contributed by atoms with Gasteiger partial charge in [-0.3, -0.25) is 4.79 Å². The third kappa shape index (κ3) is 5.71. The van der Waals surface area contributed by atoms with Crippen LogP contribution in [0.15, 0.2) is 53.7 Å². The first-order chi connectivity index (χ1) is 12.5. The van der Waals surface area contributed by atoms with Gasteiger partial charge in [0.25, 0.3) is 0 Å². The monoisotopic (exact) mass is 357 g/mol. The highest BCUT2D eigenvalue weighted by molar-refractivity contribution is 6.45. The topological polar surface area (TPSA) is 94.4 Å². The zero-order chi connectivity index (χ0) is 18.9. The van der Waals surface area contributed by atoms with Gasteiger partial charge in [-0.1, -0.05) is 5.16 Å². The van der Waals surface area contributed by atoms with Gasteiger partial charge in [0.1, 0.15) is 29.6 Å². The van der Waals surface area contributed by atoms with Crippen LogP contribution in [0, 0.1) is 0 Å². The standard InChI is InChI=1S/C19H19NO6/c1-13(20-26-14(2)22)19(23)15-3-5-17(6-4-15)25-18-9-7-16(8-10-18)24-12-11-21/h3-10,21H,11-12H2,1-2H3. The van der Waals surface area contributed by atoms with Gasteiger partial charge >= 0.3 is 5.97 Å². The van der Waals surface area contributed by atoms with Crippen LogP contribution in [-0.2, 0) is 9.63 Å². The molecule has 0 spiro atoms. The lowest BCUT2D eigenvalue weighted by atomic mass is 10.1. The number of oxime groups is 1. The quantitative estimate of drug-likeness (QED) is 0.338. The van der Waals surface area contributed by atoms with E-state index in [0.717, 1.165) is 0 Å². The van der Waals surface area contributed by atoms with Crippen LogP contribution in [0.5, 0.6) is 17.2 Å². The Morgan fingerprint density at radius 3 is 2.00 bits per heavy atom. The normalized spacial score (nSPS) is 11.0. The van der Waals surface area contributed by atoms with Crippen molar-refractivity contribution in [3.8, 4) is 17.2 Å². The lowest BCUT2D eigenvalue weighted by Gasteiger charge is -2.08. The molecule has 0 amide bonds. The van der Waals surface area contributed by atoms with E-state index in [0.29, 0.717) is 22.8 Å². The van der Waals surface area contributed by atoms with Crippen molar-refractivity contribution in [2.75, 3.05) is 13.2 Å². The number of carbonyl (C=O) groups is 2. The van der Waals surface area contributed by atoms with Gasteiger partial charge < -0.3 is 19.4 Å². The Kier molecular flexibility index (Phi) is 6.87. The first-order valence-electron chi connectivity index (χ1n) is 7.88. The van der Waals surface area contributed by atoms with Gasteiger partial charge in [-0.25, -0.2) is 4.79 Å². The predicted octanol–water partition coefficient (Wildman–Crippen LogP) is 2.97. The fraction of sp³-hybridized carbons (Fsp3) is 0.211. The summed E-state index contributed by atoms with van der Waals surface area (Å²) in [6, 6.07) is 13.5. The summed E-state index contributed by atoms with van der Waals surface area (Å²) in [5.74, 6) is 0.861. The van der Waals surface area contributed by atoms with Crippen LogP contribution in [0.4, 0.5) is 0 Å². The van der Waals surface area contributed by atoms with Gasteiger partial charge in [0, 0.05) is 12.5 Å². The number of hydrogen-bond donors (Lipinski definition) is 1. The Bertz CT molecular complexity index is 781. The summed E-state index contributed by atoms with van der Waals surface area (Å²) in [6.07, 6.45) is 0. The van der Waals surface area contributed by atoms with E-state index >= 15 is 0 Å². The molecule has 1 N–H and O–H groups in total. The van der Waals surface area contributed by atoms with E-state index < -0.39 is 5.97 Å². The Morgan fingerprint density at radius 1 is 0.923 bits per heavy atom. The summed E-state index contributed by atoms with van der Waals surface area (Å²) in [5, 5.41) is 12.2. The number of aliphatic hydroxyl groups excluding tert-OH is 1. The summed E-state index contributed by atoms with van der Waals surface area (Å²) >= 11 is 0. The number of aliphatic hydroxyl groups is 1. The summed E-state index contributed by atoms with van der Waals surface area (Å²) in [6.45, 7) is 2.86. The van der Waals surface area contributed by atoms with Crippen LogP contribution in [0.3, 0.4) is 0 Å². The van der Waals surface area contributed by atoms with Crippen molar-refractivity contribution in [2.45, 2.75) is 13.8 Å². The maximum Gasteiger partial charge on any atom is 0.331 e. The third-order valence-electron chi connectivity index (χ3n) is 3.18. The number of ketones is 1.